The van der Waals surface area contributed by atoms with Crippen LogP contribution in [0.1, 0.15) is 25.8 Å². The molecule has 5 heteroatoms. The van der Waals surface area contributed by atoms with Crippen LogP contribution in [-0.2, 0) is 9.59 Å². The first kappa shape index (κ1) is 18.3. The first-order valence-corrected chi connectivity index (χ1v) is 9.54. The summed E-state index contributed by atoms with van der Waals surface area (Å²) in [5.41, 5.74) is 1.20. The van der Waals surface area contributed by atoms with Gasteiger partial charge in [0.1, 0.15) is 5.75 Å². The van der Waals surface area contributed by atoms with Crippen LogP contribution in [0.15, 0.2) is 64.4 Å². The first-order valence-electron chi connectivity index (χ1n) is 8.72. The average Bonchev–Trinajstić information content (AvgIpc) is 2.91. The largest absolute Gasteiger partial charge is 0.494 e. The molecule has 2 amide bonds. The van der Waals surface area contributed by atoms with Crippen molar-refractivity contribution >= 4 is 29.1 Å². The van der Waals surface area contributed by atoms with E-state index in [2.05, 4.69) is 6.92 Å². The van der Waals surface area contributed by atoms with E-state index in [0.29, 0.717) is 23.6 Å². The molecule has 26 heavy (non-hydrogen) atoms. The monoisotopic (exact) mass is 367 g/mol. The molecular formula is C21H21NO3S. The summed E-state index contributed by atoms with van der Waals surface area (Å²) in [6, 6.07) is 17.0. The lowest BCUT2D eigenvalue weighted by Gasteiger charge is -2.11. The molecule has 0 saturated heterocycles. The van der Waals surface area contributed by atoms with Crippen molar-refractivity contribution in [2.75, 3.05) is 13.2 Å². The van der Waals surface area contributed by atoms with Crippen LogP contribution >= 0.6 is 11.8 Å². The van der Waals surface area contributed by atoms with Gasteiger partial charge in [-0.15, -0.1) is 0 Å². The molecule has 0 N–H and O–H groups in total. The van der Waals surface area contributed by atoms with Crippen molar-refractivity contribution in [1.82, 2.24) is 4.90 Å². The number of rotatable bonds is 7. The van der Waals surface area contributed by atoms with E-state index < -0.39 is 0 Å². The standard InChI is InChI=1S/C21H21NO3S/c1-3-14-25-16-12-10-15(11-13-16)18-19(21(24)22(4-2)20(18)23)26-17-8-6-5-7-9-17/h5-13H,3-4,14H2,1-2H3. The van der Waals surface area contributed by atoms with Gasteiger partial charge >= 0.3 is 0 Å². The average molecular weight is 367 g/mol. The number of hydrogen-bond acceptors (Lipinski definition) is 4. The maximum atomic E-state index is 12.8. The second kappa shape index (κ2) is 8.23. The molecule has 3 rings (SSSR count). The number of thioether (sulfide) groups is 1. The highest BCUT2D eigenvalue weighted by Gasteiger charge is 2.38. The van der Waals surface area contributed by atoms with Crippen LogP contribution in [0.5, 0.6) is 5.75 Å². The van der Waals surface area contributed by atoms with Gasteiger partial charge in [-0.05, 0) is 43.2 Å². The summed E-state index contributed by atoms with van der Waals surface area (Å²) < 4.78 is 5.60. The smallest absolute Gasteiger partial charge is 0.268 e. The topological polar surface area (TPSA) is 46.6 Å². The lowest BCUT2D eigenvalue weighted by molar-refractivity contribution is -0.136. The lowest BCUT2D eigenvalue weighted by atomic mass is 10.1. The molecule has 1 heterocycles. The molecule has 0 unspecified atom stereocenters. The van der Waals surface area contributed by atoms with Crippen molar-refractivity contribution < 1.29 is 14.3 Å². The molecule has 0 bridgehead atoms. The Morgan fingerprint density at radius 3 is 2.23 bits per heavy atom. The molecule has 134 valence electrons. The van der Waals surface area contributed by atoms with Crippen LogP contribution in [0, 0.1) is 0 Å². The summed E-state index contributed by atoms with van der Waals surface area (Å²) in [5.74, 6) is 0.295. The molecule has 2 aromatic rings. The molecule has 1 aliphatic heterocycles. The van der Waals surface area contributed by atoms with Crippen molar-refractivity contribution in [3.8, 4) is 5.75 Å². The molecular weight excluding hydrogens is 346 g/mol. The van der Waals surface area contributed by atoms with E-state index in [9.17, 15) is 9.59 Å². The van der Waals surface area contributed by atoms with Gasteiger partial charge in [-0.25, -0.2) is 0 Å². The molecule has 0 aromatic heterocycles. The molecule has 0 fully saturated rings. The highest BCUT2D eigenvalue weighted by molar-refractivity contribution is 8.04. The Kier molecular flexibility index (Phi) is 5.78. The summed E-state index contributed by atoms with van der Waals surface area (Å²) in [5, 5.41) is 0. The van der Waals surface area contributed by atoms with Crippen LogP contribution < -0.4 is 4.74 Å². The number of benzene rings is 2. The molecule has 0 aliphatic carbocycles. The maximum absolute atomic E-state index is 12.8. The molecule has 4 nitrogen and oxygen atoms in total. The van der Waals surface area contributed by atoms with Crippen LogP contribution in [0.25, 0.3) is 5.57 Å². The summed E-state index contributed by atoms with van der Waals surface area (Å²) in [6.07, 6.45) is 0.934. The number of hydrogen-bond donors (Lipinski definition) is 0. The van der Waals surface area contributed by atoms with E-state index in [4.69, 9.17) is 4.74 Å². The Balaban J connectivity index is 1.97. The lowest BCUT2D eigenvalue weighted by Crippen LogP contribution is -2.31. The second-order valence-electron chi connectivity index (χ2n) is 5.85. The van der Waals surface area contributed by atoms with E-state index in [1.807, 2.05) is 61.5 Å². The molecule has 2 aromatic carbocycles. The predicted octanol–water partition coefficient (Wildman–Crippen LogP) is 4.37. The van der Waals surface area contributed by atoms with Crippen LogP contribution in [0.3, 0.4) is 0 Å². The van der Waals surface area contributed by atoms with Gasteiger partial charge in [0.15, 0.2) is 0 Å². The number of carbonyl (C=O) groups is 2. The third-order valence-corrected chi connectivity index (χ3v) is 5.11. The third-order valence-electron chi connectivity index (χ3n) is 4.02. The van der Waals surface area contributed by atoms with Crippen LogP contribution in [0.4, 0.5) is 0 Å². The van der Waals surface area contributed by atoms with Crippen molar-refractivity contribution in [2.24, 2.45) is 0 Å². The van der Waals surface area contributed by atoms with Crippen molar-refractivity contribution in [2.45, 2.75) is 25.2 Å². The highest BCUT2D eigenvalue weighted by atomic mass is 32.2. The van der Waals surface area contributed by atoms with Gasteiger partial charge in [0.05, 0.1) is 17.1 Å². The van der Waals surface area contributed by atoms with Gasteiger partial charge in [-0.3, -0.25) is 14.5 Å². The van der Waals surface area contributed by atoms with E-state index >= 15 is 0 Å². The number of ether oxygens (including phenoxy) is 1. The summed E-state index contributed by atoms with van der Waals surface area (Å²) in [4.78, 5) is 28.3. The Labute approximate surface area is 157 Å². The van der Waals surface area contributed by atoms with E-state index in [1.165, 1.54) is 16.7 Å². The van der Waals surface area contributed by atoms with E-state index in [1.54, 1.807) is 0 Å². The zero-order chi connectivity index (χ0) is 18.5. The highest BCUT2D eigenvalue weighted by Crippen LogP contribution is 2.39. The van der Waals surface area contributed by atoms with Gasteiger partial charge < -0.3 is 4.74 Å². The molecule has 0 radical (unpaired) electrons. The van der Waals surface area contributed by atoms with E-state index in [-0.39, 0.29) is 11.8 Å². The number of imide groups is 1. The molecule has 0 spiro atoms. The zero-order valence-corrected chi connectivity index (χ0v) is 15.7. The minimum Gasteiger partial charge on any atom is -0.494 e. The van der Waals surface area contributed by atoms with Crippen LogP contribution in [0.2, 0.25) is 0 Å². The van der Waals surface area contributed by atoms with Gasteiger partial charge in [-0.1, -0.05) is 49.0 Å². The fraction of sp³-hybridized carbons (Fsp3) is 0.238. The number of nitrogens with zero attached hydrogens (tertiary/aromatic N) is 1. The normalized spacial score (nSPS) is 14.3. The minimum absolute atomic E-state index is 0.229. The van der Waals surface area contributed by atoms with Crippen molar-refractivity contribution in [3.05, 3.63) is 65.1 Å². The number of carbonyl (C=O) groups excluding carboxylic acids is 2. The SMILES string of the molecule is CCCOc1ccc(C2=C(Sc3ccccc3)C(=O)N(CC)C2=O)cc1. The fourth-order valence-corrected chi connectivity index (χ4v) is 3.77. The summed E-state index contributed by atoms with van der Waals surface area (Å²) >= 11 is 1.34. The van der Waals surface area contributed by atoms with Gasteiger partial charge in [0.25, 0.3) is 11.8 Å². The molecule has 0 saturated carbocycles. The summed E-state index contributed by atoms with van der Waals surface area (Å²) in [7, 11) is 0. The zero-order valence-electron chi connectivity index (χ0n) is 14.9. The van der Waals surface area contributed by atoms with Crippen molar-refractivity contribution in [1.29, 1.82) is 0 Å². The number of likely N-dealkylation sites (N-methyl/N-ethyl adjacent to an activating group) is 1. The maximum Gasteiger partial charge on any atom is 0.268 e. The quantitative estimate of drug-likeness (QED) is 0.682. The second-order valence-corrected chi connectivity index (χ2v) is 6.93. The van der Waals surface area contributed by atoms with Gasteiger partial charge in [-0.2, -0.15) is 0 Å². The van der Waals surface area contributed by atoms with Crippen molar-refractivity contribution in [3.63, 3.8) is 0 Å². The molecule has 0 atom stereocenters. The predicted molar refractivity (Wildman–Crippen MR) is 104 cm³/mol. The Hall–Kier alpha value is -2.53. The van der Waals surface area contributed by atoms with Gasteiger partial charge in [0, 0.05) is 11.4 Å². The number of amides is 2. The van der Waals surface area contributed by atoms with Crippen LogP contribution in [-0.4, -0.2) is 29.9 Å². The fourth-order valence-electron chi connectivity index (χ4n) is 2.73. The summed E-state index contributed by atoms with van der Waals surface area (Å²) in [6.45, 7) is 4.87. The minimum atomic E-state index is -0.238. The molecule has 1 aliphatic rings. The Bertz CT molecular complexity index is 828. The van der Waals surface area contributed by atoms with Gasteiger partial charge in [0.2, 0.25) is 0 Å². The first-order chi connectivity index (χ1) is 12.7. The van der Waals surface area contributed by atoms with E-state index in [0.717, 1.165) is 22.6 Å². The third kappa shape index (κ3) is 3.68. The Morgan fingerprint density at radius 2 is 1.62 bits per heavy atom. The Morgan fingerprint density at radius 1 is 0.923 bits per heavy atom.